The zero-order valence-electron chi connectivity index (χ0n) is 12.4. The monoisotopic (exact) mass is 291 g/mol. The first-order chi connectivity index (χ1) is 9.63. The highest BCUT2D eigenvalue weighted by molar-refractivity contribution is 6.32. The first-order valence-corrected chi connectivity index (χ1v) is 7.55. The molecule has 2 aromatic rings. The summed E-state index contributed by atoms with van der Waals surface area (Å²) >= 11 is 6.29. The van der Waals surface area contributed by atoms with Crippen molar-refractivity contribution in [3.63, 3.8) is 0 Å². The molecule has 0 saturated heterocycles. The van der Waals surface area contributed by atoms with Crippen molar-refractivity contribution in [2.24, 2.45) is 0 Å². The van der Waals surface area contributed by atoms with Crippen LogP contribution in [-0.2, 0) is 13.0 Å². The van der Waals surface area contributed by atoms with Crippen molar-refractivity contribution < 1.29 is 0 Å². The number of hydrogen-bond acceptors (Lipinski definition) is 2. The molecule has 2 rings (SSSR count). The van der Waals surface area contributed by atoms with Gasteiger partial charge in [0.15, 0.2) is 0 Å². The lowest BCUT2D eigenvalue weighted by atomic mass is 10.1. The normalized spacial score (nSPS) is 11.2. The summed E-state index contributed by atoms with van der Waals surface area (Å²) in [6.45, 7) is 7.33. The second kappa shape index (κ2) is 6.91. The molecule has 0 fully saturated rings. The van der Waals surface area contributed by atoms with Crippen molar-refractivity contribution in [1.82, 2.24) is 15.1 Å². The summed E-state index contributed by atoms with van der Waals surface area (Å²) in [5.41, 5.74) is 3.45. The fraction of sp³-hybridized carbons (Fsp3) is 0.438. The lowest BCUT2D eigenvalue weighted by Gasteiger charge is -2.12. The smallest absolute Gasteiger partial charge is 0.0835 e. The third kappa shape index (κ3) is 3.41. The SMILES string of the molecule is CCCc1c(CNC(C)C)cnn1-c1ccccc1Cl. The standard InChI is InChI=1S/C16H22ClN3/c1-4-7-15-13(10-18-12(2)3)11-19-20(15)16-9-6-5-8-14(16)17/h5-6,8-9,11-12,18H,4,7,10H2,1-3H3. The molecule has 0 saturated carbocycles. The van der Waals surface area contributed by atoms with E-state index in [2.05, 4.69) is 31.2 Å². The number of para-hydroxylation sites is 1. The van der Waals surface area contributed by atoms with E-state index in [0.717, 1.165) is 30.1 Å². The molecular weight excluding hydrogens is 270 g/mol. The number of nitrogens with one attached hydrogen (secondary N) is 1. The van der Waals surface area contributed by atoms with Crippen LogP contribution in [0.5, 0.6) is 0 Å². The molecule has 0 aliphatic heterocycles. The van der Waals surface area contributed by atoms with Gasteiger partial charge in [-0.1, -0.05) is 50.9 Å². The molecule has 20 heavy (non-hydrogen) atoms. The van der Waals surface area contributed by atoms with Crippen LogP contribution < -0.4 is 5.32 Å². The Morgan fingerprint density at radius 3 is 2.70 bits per heavy atom. The van der Waals surface area contributed by atoms with Crippen molar-refractivity contribution in [2.75, 3.05) is 0 Å². The number of benzene rings is 1. The van der Waals surface area contributed by atoms with Gasteiger partial charge in [-0.2, -0.15) is 5.10 Å². The van der Waals surface area contributed by atoms with Crippen LogP contribution in [0.15, 0.2) is 30.5 Å². The molecule has 4 heteroatoms. The second-order valence-corrected chi connectivity index (χ2v) is 5.67. The third-order valence-corrected chi connectivity index (χ3v) is 3.54. The molecule has 0 spiro atoms. The molecule has 1 aromatic heterocycles. The maximum atomic E-state index is 6.29. The topological polar surface area (TPSA) is 29.9 Å². The van der Waals surface area contributed by atoms with Gasteiger partial charge in [0.1, 0.15) is 0 Å². The van der Waals surface area contributed by atoms with Gasteiger partial charge in [0.25, 0.3) is 0 Å². The average molecular weight is 292 g/mol. The molecule has 108 valence electrons. The Balaban J connectivity index is 2.36. The van der Waals surface area contributed by atoms with E-state index in [0.29, 0.717) is 6.04 Å². The van der Waals surface area contributed by atoms with E-state index in [4.69, 9.17) is 11.6 Å². The minimum atomic E-state index is 0.466. The molecule has 0 aliphatic carbocycles. The maximum absolute atomic E-state index is 6.29. The summed E-state index contributed by atoms with van der Waals surface area (Å²) in [7, 11) is 0. The van der Waals surface area contributed by atoms with Crippen LogP contribution in [0.25, 0.3) is 5.69 Å². The summed E-state index contributed by atoms with van der Waals surface area (Å²) in [6, 6.07) is 8.31. The lowest BCUT2D eigenvalue weighted by molar-refractivity contribution is 0.585. The zero-order valence-corrected chi connectivity index (χ0v) is 13.1. The van der Waals surface area contributed by atoms with Gasteiger partial charge in [-0.05, 0) is 18.6 Å². The number of nitrogens with zero attached hydrogens (tertiary/aromatic N) is 2. The minimum absolute atomic E-state index is 0.466. The van der Waals surface area contributed by atoms with Gasteiger partial charge in [-0.15, -0.1) is 0 Å². The van der Waals surface area contributed by atoms with Gasteiger partial charge in [-0.3, -0.25) is 0 Å². The van der Waals surface area contributed by atoms with Gasteiger partial charge < -0.3 is 5.32 Å². The Labute approximate surface area is 126 Å². The van der Waals surface area contributed by atoms with Crippen molar-refractivity contribution in [2.45, 2.75) is 46.2 Å². The summed E-state index contributed by atoms with van der Waals surface area (Å²) < 4.78 is 1.98. The lowest BCUT2D eigenvalue weighted by Crippen LogP contribution is -2.22. The Hall–Kier alpha value is -1.32. The van der Waals surface area contributed by atoms with Gasteiger partial charge >= 0.3 is 0 Å². The van der Waals surface area contributed by atoms with E-state index in [-0.39, 0.29) is 0 Å². The molecular formula is C16H22ClN3. The largest absolute Gasteiger partial charge is 0.310 e. The Morgan fingerprint density at radius 2 is 2.05 bits per heavy atom. The van der Waals surface area contributed by atoms with E-state index in [1.165, 1.54) is 11.3 Å². The van der Waals surface area contributed by atoms with E-state index in [1.54, 1.807) is 0 Å². The molecule has 0 amide bonds. The Kier molecular flexibility index (Phi) is 5.21. The Morgan fingerprint density at radius 1 is 1.30 bits per heavy atom. The van der Waals surface area contributed by atoms with Gasteiger partial charge in [-0.25, -0.2) is 4.68 Å². The van der Waals surface area contributed by atoms with Crippen LogP contribution in [0.3, 0.4) is 0 Å². The van der Waals surface area contributed by atoms with Crippen LogP contribution >= 0.6 is 11.6 Å². The van der Waals surface area contributed by atoms with Crippen LogP contribution in [0.2, 0.25) is 5.02 Å². The zero-order chi connectivity index (χ0) is 14.5. The van der Waals surface area contributed by atoms with E-state index in [9.17, 15) is 0 Å². The van der Waals surface area contributed by atoms with Gasteiger partial charge in [0.2, 0.25) is 0 Å². The predicted molar refractivity (Wildman–Crippen MR) is 84.5 cm³/mol. The molecule has 1 heterocycles. The molecule has 0 aliphatic rings. The molecule has 1 aromatic carbocycles. The van der Waals surface area contributed by atoms with Gasteiger partial charge in [0.05, 0.1) is 16.9 Å². The quantitative estimate of drug-likeness (QED) is 0.872. The van der Waals surface area contributed by atoms with Crippen molar-refractivity contribution in [1.29, 1.82) is 0 Å². The second-order valence-electron chi connectivity index (χ2n) is 5.27. The summed E-state index contributed by atoms with van der Waals surface area (Å²) in [5.74, 6) is 0. The van der Waals surface area contributed by atoms with E-state index < -0.39 is 0 Å². The van der Waals surface area contributed by atoms with Crippen molar-refractivity contribution >= 4 is 11.6 Å². The minimum Gasteiger partial charge on any atom is -0.310 e. The third-order valence-electron chi connectivity index (χ3n) is 3.22. The Bertz CT molecular complexity index is 561. The molecule has 0 atom stereocenters. The van der Waals surface area contributed by atoms with Crippen molar-refractivity contribution in [3.8, 4) is 5.69 Å². The average Bonchev–Trinajstić information content (AvgIpc) is 2.80. The summed E-state index contributed by atoms with van der Waals surface area (Å²) in [5, 5.41) is 8.72. The van der Waals surface area contributed by atoms with Crippen LogP contribution in [0, 0.1) is 0 Å². The number of aromatic nitrogens is 2. The van der Waals surface area contributed by atoms with E-state index in [1.807, 2.05) is 35.1 Å². The van der Waals surface area contributed by atoms with Crippen LogP contribution in [0.4, 0.5) is 0 Å². The number of hydrogen-bond donors (Lipinski definition) is 1. The molecule has 0 unspecified atom stereocenters. The van der Waals surface area contributed by atoms with Crippen molar-refractivity contribution in [3.05, 3.63) is 46.7 Å². The highest BCUT2D eigenvalue weighted by Crippen LogP contribution is 2.23. The predicted octanol–water partition coefficient (Wildman–Crippen LogP) is 3.98. The summed E-state index contributed by atoms with van der Waals surface area (Å²) in [6.07, 6.45) is 4.04. The first-order valence-electron chi connectivity index (χ1n) is 7.17. The van der Waals surface area contributed by atoms with E-state index >= 15 is 0 Å². The van der Waals surface area contributed by atoms with Gasteiger partial charge in [0, 0.05) is 23.8 Å². The fourth-order valence-corrected chi connectivity index (χ4v) is 2.42. The number of rotatable bonds is 6. The molecule has 1 N–H and O–H groups in total. The number of halogens is 1. The highest BCUT2D eigenvalue weighted by Gasteiger charge is 2.13. The summed E-state index contributed by atoms with van der Waals surface area (Å²) in [4.78, 5) is 0. The fourth-order valence-electron chi connectivity index (χ4n) is 2.20. The maximum Gasteiger partial charge on any atom is 0.0835 e. The molecule has 0 radical (unpaired) electrons. The molecule has 0 bridgehead atoms. The molecule has 3 nitrogen and oxygen atoms in total. The van der Waals surface area contributed by atoms with Crippen LogP contribution in [0.1, 0.15) is 38.4 Å². The highest BCUT2D eigenvalue weighted by atomic mass is 35.5. The van der Waals surface area contributed by atoms with Crippen LogP contribution in [-0.4, -0.2) is 15.8 Å². The first kappa shape index (κ1) is 15.1.